The molecular weight excluding hydrogens is 242 g/mol. The third-order valence-corrected chi connectivity index (χ3v) is 4.03. The molecule has 1 saturated carbocycles. The number of nitrogens with one attached hydrogen (secondary N) is 1. The number of methoxy groups -OCH3 is 1. The lowest BCUT2D eigenvalue weighted by atomic mass is 9.78. The Labute approximate surface area is 114 Å². The molecule has 0 unspecified atom stereocenters. The van der Waals surface area contributed by atoms with Gasteiger partial charge in [0.2, 0.25) is 11.8 Å². The molecule has 0 radical (unpaired) electrons. The Balaban J connectivity index is 1.87. The van der Waals surface area contributed by atoms with E-state index in [1.54, 1.807) is 19.4 Å². The summed E-state index contributed by atoms with van der Waals surface area (Å²) in [6.07, 6.45) is 6.76. The van der Waals surface area contributed by atoms with E-state index in [2.05, 4.69) is 22.2 Å². The molecule has 1 aliphatic carbocycles. The van der Waals surface area contributed by atoms with Gasteiger partial charge >= 0.3 is 0 Å². The minimum Gasteiger partial charge on any atom is -0.481 e. The lowest BCUT2D eigenvalue weighted by Gasteiger charge is -2.35. The first kappa shape index (κ1) is 14.1. The Kier molecular flexibility index (Phi) is 4.58. The molecule has 2 N–H and O–H groups in total. The maximum absolute atomic E-state index is 10.5. The van der Waals surface area contributed by atoms with Crippen molar-refractivity contribution >= 4 is 5.95 Å². The third-order valence-electron chi connectivity index (χ3n) is 4.03. The highest BCUT2D eigenvalue weighted by atomic mass is 16.5. The van der Waals surface area contributed by atoms with Crippen molar-refractivity contribution in [3.05, 3.63) is 12.3 Å². The van der Waals surface area contributed by atoms with Crippen LogP contribution in [-0.2, 0) is 0 Å². The topological polar surface area (TPSA) is 67.3 Å². The monoisotopic (exact) mass is 265 g/mol. The lowest BCUT2D eigenvalue weighted by Crippen LogP contribution is -2.40. The predicted molar refractivity (Wildman–Crippen MR) is 74.3 cm³/mol. The van der Waals surface area contributed by atoms with Gasteiger partial charge in [0.05, 0.1) is 12.7 Å². The number of aliphatic hydroxyl groups is 1. The van der Waals surface area contributed by atoms with Gasteiger partial charge in [-0.2, -0.15) is 4.98 Å². The van der Waals surface area contributed by atoms with Gasteiger partial charge in [-0.05, 0) is 31.6 Å². The van der Waals surface area contributed by atoms with Crippen LogP contribution in [0.25, 0.3) is 0 Å². The smallest absolute Gasteiger partial charge is 0.226 e. The molecular formula is C14H23N3O2. The summed E-state index contributed by atoms with van der Waals surface area (Å²) in [6, 6.07) is 1.70. The van der Waals surface area contributed by atoms with E-state index in [0.29, 0.717) is 18.4 Å². The van der Waals surface area contributed by atoms with Crippen LogP contribution in [0.5, 0.6) is 5.88 Å². The highest BCUT2D eigenvalue weighted by Crippen LogP contribution is 2.33. The fourth-order valence-corrected chi connectivity index (χ4v) is 2.58. The Morgan fingerprint density at radius 3 is 2.84 bits per heavy atom. The summed E-state index contributed by atoms with van der Waals surface area (Å²) in [7, 11) is 1.58. The van der Waals surface area contributed by atoms with Crippen molar-refractivity contribution in [3.8, 4) is 5.88 Å². The van der Waals surface area contributed by atoms with Gasteiger partial charge in [-0.3, -0.25) is 0 Å². The molecule has 19 heavy (non-hydrogen) atoms. The minimum atomic E-state index is -0.627. The number of aromatic nitrogens is 2. The molecule has 5 nitrogen and oxygen atoms in total. The molecule has 106 valence electrons. The largest absolute Gasteiger partial charge is 0.481 e. The van der Waals surface area contributed by atoms with Crippen LogP contribution in [0.3, 0.4) is 0 Å². The molecule has 0 amide bonds. The molecule has 1 fully saturated rings. The molecule has 0 saturated heterocycles. The van der Waals surface area contributed by atoms with Gasteiger partial charge in [0, 0.05) is 18.8 Å². The van der Waals surface area contributed by atoms with E-state index in [9.17, 15) is 5.11 Å². The summed E-state index contributed by atoms with van der Waals surface area (Å²) >= 11 is 0. The summed E-state index contributed by atoms with van der Waals surface area (Å²) < 4.78 is 5.05. The first-order chi connectivity index (χ1) is 9.15. The molecule has 5 heteroatoms. The fourth-order valence-electron chi connectivity index (χ4n) is 2.58. The van der Waals surface area contributed by atoms with Gasteiger partial charge in [-0.25, -0.2) is 4.98 Å². The summed E-state index contributed by atoms with van der Waals surface area (Å²) in [5.41, 5.74) is -0.627. The summed E-state index contributed by atoms with van der Waals surface area (Å²) in [6.45, 7) is 2.72. The van der Waals surface area contributed by atoms with E-state index in [0.717, 1.165) is 31.6 Å². The van der Waals surface area contributed by atoms with Crippen molar-refractivity contribution in [1.82, 2.24) is 9.97 Å². The molecule has 0 spiro atoms. The van der Waals surface area contributed by atoms with Crippen LogP contribution >= 0.6 is 0 Å². The van der Waals surface area contributed by atoms with Crippen LogP contribution in [0.2, 0.25) is 0 Å². The van der Waals surface area contributed by atoms with Crippen molar-refractivity contribution in [2.45, 2.75) is 44.6 Å². The molecule has 1 heterocycles. The number of ether oxygens (including phenoxy) is 1. The second kappa shape index (κ2) is 6.19. The quantitative estimate of drug-likeness (QED) is 0.854. The van der Waals surface area contributed by atoms with Gasteiger partial charge in [-0.1, -0.05) is 13.3 Å². The first-order valence-corrected chi connectivity index (χ1v) is 6.98. The standard InChI is InChI=1S/C14H23N3O2/c1-3-11-4-7-14(18,8-5-11)10-16-13-15-9-6-12(17-13)19-2/h6,9,11,18H,3-5,7-8,10H2,1-2H3,(H,15,16,17). The normalized spacial score (nSPS) is 27.0. The summed E-state index contributed by atoms with van der Waals surface area (Å²) in [5.74, 6) is 1.80. The highest BCUT2D eigenvalue weighted by Gasteiger charge is 2.32. The van der Waals surface area contributed by atoms with Crippen LogP contribution < -0.4 is 10.1 Å². The highest BCUT2D eigenvalue weighted by molar-refractivity contribution is 5.28. The Morgan fingerprint density at radius 1 is 1.47 bits per heavy atom. The predicted octanol–water partition coefficient (Wildman–Crippen LogP) is 2.23. The zero-order valence-electron chi connectivity index (χ0n) is 11.7. The van der Waals surface area contributed by atoms with E-state index in [1.807, 2.05) is 0 Å². The van der Waals surface area contributed by atoms with Crippen molar-refractivity contribution < 1.29 is 9.84 Å². The summed E-state index contributed by atoms with van der Waals surface area (Å²) in [4.78, 5) is 8.30. The summed E-state index contributed by atoms with van der Waals surface area (Å²) in [5, 5.41) is 13.6. The van der Waals surface area contributed by atoms with E-state index in [-0.39, 0.29) is 0 Å². The van der Waals surface area contributed by atoms with Crippen molar-refractivity contribution in [3.63, 3.8) is 0 Å². The second-order valence-corrected chi connectivity index (χ2v) is 5.35. The van der Waals surface area contributed by atoms with Gasteiger partial charge in [0.15, 0.2) is 0 Å². The van der Waals surface area contributed by atoms with Gasteiger partial charge in [0.1, 0.15) is 0 Å². The zero-order valence-corrected chi connectivity index (χ0v) is 11.7. The fraction of sp³-hybridized carbons (Fsp3) is 0.714. The molecule has 2 rings (SSSR count). The molecule has 1 aromatic heterocycles. The van der Waals surface area contributed by atoms with Gasteiger partial charge in [0.25, 0.3) is 0 Å². The second-order valence-electron chi connectivity index (χ2n) is 5.35. The Morgan fingerprint density at radius 2 is 2.21 bits per heavy atom. The van der Waals surface area contributed by atoms with Crippen molar-refractivity contribution in [1.29, 1.82) is 0 Å². The Hall–Kier alpha value is -1.36. The van der Waals surface area contributed by atoms with E-state index in [1.165, 1.54) is 6.42 Å². The van der Waals surface area contributed by atoms with Crippen LogP contribution in [0, 0.1) is 5.92 Å². The number of hydrogen-bond acceptors (Lipinski definition) is 5. The van der Waals surface area contributed by atoms with E-state index in [4.69, 9.17) is 4.74 Å². The van der Waals surface area contributed by atoms with Crippen LogP contribution in [-0.4, -0.2) is 34.3 Å². The maximum Gasteiger partial charge on any atom is 0.226 e. The lowest BCUT2D eigenvalue weighted by molar-refractivity contribution is 0.00215. The van der Waals surface area contributed by atoms with Gasteiger partial charge < -0.3 is 15.2 Å². The third kappa shape index (κ3) is 3.80. The number of rotatable bonds is 5. The number of nitrogens with zero attached hydrogens (tertiary/aromatic N) is 2. The van der Waals surface area contributed by atoms with Crippen molar-refractivity contribution in [2.24, 2.45) is 5.92 Å². The minimum absolute atomic E-state index is 0.497. The van der Waals surface area contributed by atoms with E-state index >= 15 is 0 Å². The van der Waals surface area contributed by atoms with Gasteiger partial charge in [-0.15, -0.1) is 0 Å². The van der Waals surface area contributed by atoms with Crippen LogP contribution in [0.1, 0.15) is 39.0 Å². The van der Waals surface area contributed by atoms with E-state index < -0.39 is 5.60 Å². The maximum atomic E-state index is 10.5. The SMILES string of the molecule is CCC1CCC(O)(CNc2nccc(OC)n2)CC1. The average molecular weight is 265 g/mol. The van der Waals surface area contributed by atoms with Crippen molar-refractivity contribution in [2.75, 3.05) is 19.0 Å². The molecule has 1 aliphatic rings. The Bertz CT molecular complexity index is 403. The molecule has 1 aromatic rings. The first-order valence-electron chi connectivity index (χ1n) is 6.98. The molecule has 0 aliphatic heterocycles. The number of anilines is 1. The number of hydrogen-bond donors (Lipinski definition) is 2. The van der Waals surface area contributed by atoms with Crippen LogP contribution in [0.15, 0.2) is 12.3 Å². The molecule has 0 atom stereocenters. The molecule has 0 bridgehead atoms. The average Bonchev–Trinajstić information content (AvgIpc) is 2.46. The van der Waals surface area contributed by atoms with Crippen LogP contribution in [0.4, 0.5) is 5.95 Å². The zero-order chi connectivity index (χ0) is 13.7. The molecule has 0 aromatic carbocycles.